The van der Waals surface area contributed by atoms with Gasteiger partial charge in [-0.05, 0) is 37.2 Å². The van der Waals surface area contributed by atoms with Crippen molar-refractivity contribution in [3.63, 3.8) is 0 Å². The Morgan fingerprint density at radius 1 is 1.10 bits per heavy atom. The van der Waals surface area contributed by atoms with Crippen LogP contribution in [0.1, 0.15) is 22.3 Å². The number of hydrogen-bond acceptors (Lipinski definition) is 7. The summed E-state index contributed by atoms with van der Waals surface area (Å²) in [6, 6.07) is 9.15. The number of ketones is 1. The van der Waals surface area contributed by atoms with Crippen LogP contribution in [-0.4, -0.2) is 47.2 Å². The Morgan fingerprint density at radius 3 is 2.61 bits per heavy atom. The third-order valence-electron chi connectivity index (χ3n) is 5.44. The van der Waals surface area contributed by atoms with Crippen LogP contribution in [0.2, 0.25) is 0 Å². The van der Waals surface area contributed by atoms with Gasteiger partial charge in [0, 0.05) is 41.7 Å². The number of methoxy groups -OCH3 is 1. The first-order valence-electron chi connectivity index (χ1n) is 9.87. The topological polar surface area (TPSA) is 124 Å². The Bertz CT molecular complexity index is 1260. The maximum atomic E-state index is 13.4. The quantitative estimate of drug-likeness (QED) is 0.253. The molecule has 9 nitrogen and oxygen atoms in total. The van der Waals surface area contributed by atoms with Gasteiger partial charge in [0.1, 0.15) is 5.75 Å². The molecule has 0 atom stereocenters. The van der Waals surface area contributed by atoms with Crippen LogP contribution in [0.15, 0.2) is 41.2 Å². The van der Waals surface area contributed by atoms with Crippen LogP contribution >= 0.6 is 0 Å². The zero-order chi connectivity index (χ0) is 22.1. The van der Waals surface area contributed by atoms with Crippen molar-refractivity contribution in [3.8, 4) is 17.0 Å². The van der Waals surface area contributed by atoms with Crippen molar-refractivity contribution in [2.75, 3.05) is 26.8 Å². The number of ether oxygens (including phenoxy) is 1. The van der Waals surface area contributed by atoms with E-state index in [1.54, 1.807) is 18.2 Å². The second-order valence-corrected chi connectivity index (χ2v) is 7.24. The standard InChI is InChI=1S/C22H21N3O6/c1-31-14-4-6-16-17(12-14)21(27)19-15-5-3-13(25(29)30)11-18(15)22(28)24(20(16)19)9-2-7-23-8-10-26/h3-6,11-12,23,26H,2,7-10H2,1H3. The molecule has 3 aromatic rings. The number of hydrogen-bond donors (Lipinski definition) is 2. The first-order chi connectivity index (χ1) is 15.0. The molecule has 0 saturated carbocycles. The predicted molar refractivity (Wildman–Crippen MR) is 115 cm³/mol. The number of carbonyl (C=O) groups is 1. The van der Waals surface area contributed by atoms with Crippen LogP contribution in [0.25, 0.3) is 22.0 Å². The largest absolute Gasteiger partial charge is 0.497 e. The van der Waals surface area contributed by atoms with Crippen molar-refractivity contribution >= 4 is 22.2 Å². The van der Waals surface area contributed by atoms with Gasteiger partial charge in [-0.15, -0.1) is 0 Å². The van der Waals surface area contributed by atoms with Crippen molar-refractivity contribution in [3.05, 3.63) is 68.0 Å². The average Bonchev–Trinajstić information content (AvgIpc) is 3.07. The Hall–Kier alpha value is -3.56. The minimum atomic E-state index is -0.559. The molecule has 1 heterocycles. The third-order valence-corrected chi connectivity index (χ3v) is 5.44. The van der Waals surface area contributed by atoms with Crippen LogP contribution in [0.4, 0.5) is 5.69 Å². The molecule has 0 bridgehead atoms. The van der Waals surface area contributed by atoms with Gasteiger partial charge in [0.25, 0.3) is 11.2 Å². The van der Waals surface area contributed by atoms with Crippen molar-refractivity contribution < 1.29 is 19.6 Å². The molecule has 1 aliphatic carbocycles. The molecule has 31 heavy (non-hydrogen) atoms. The fourth-order valence-electron chi connectivity index (χ4n) is 4.02. The molecule has 0 aliphatic heterocycles. The van der Waals surface area contributed by atoms with E-state index in [0.717, 1.165) is 0 Å². The highest BCUT2D eigenvalue weighted by Gasteiger charge is 2.33. The lowest BCUT2D eigenvalue weighted by molar-refractivity contribution is -0.384. The van der Waals surface area contributed by atoms with Gasteiger partial charge in [-0.25, -0.2) is 0 Å². The van der Waals surface area contributed by atoms with Crippen LogP contribution in [-0.2, 0) is 6.54 Å². The predicted octanol–water partition coefficient (Wildman–Crippen LogP) is 2.10. The number of nitrogens with one attached hydrogen (secondary N) is 1. The molecular formula is C22H21N3O6. The molecule has 2 aromatic carbocycles. The summed E-state index contributed by atoms with van der Waals surface area (Å²) in [5, 5.41) is 23.8. The first-order valence-corrected chi connectivity index (χ1v) is 9.87. The summed E-state index contributed by atoms with van der Waals surface area (Å²) in [7, 11) is 1.51. The fourth-order valence-corrected chi connectivity index (χ4v) is 4.02. The van der Waals surface area contributed by atoms with Gasteiger partial charge in [-0.2, -0.15) is 0 Å². The lowest BCUT2D eigenvalue weighted by Crippen LogP contribution is -2.26. The van der Waals surface area contributed by atoms with Gasteiger partial charge < -0.3 is 19.7 Å². The summed E-state index contributed by atoms with van der Waals surface area (Å²) >= 11 is 0. The van der Waals surface area contributed by atoms with Crippen molar-refractivity contribution in [1.29, 1.82) is 0 Å². The summed E-state index contributed by atoms with van der Waals surface area (Å²) in [4.78, 5) is 37.4. The van der Waals surface area contributed by atoms with Crippen LogP contribution in [0.3, 0.4) is 0 Å². The number of aliphatic hydroxyl groups excluding tert-OH is 1. The van der Waals surface area contributed by atoms with Gasteiger partial charge in [0.05, 0.1) is 35.3 Å². The Balaban J connectivity index is 1.93. The van der Waals surface area contributed by atoms with Crippen LogP contribution in [0.5, 0.6) is 5.75 Å². The lowest BCUT2D eigenvalue weighted by Gasteiger charge is -2.15. The molecule has 1 aliphatic rings. The Morgan fingerprint density at radius 2 is 1.90 bits per heavy atom. The molecule has 2 N–H and O–H groups in total. The van der Waals surface area contributed by atoms with E-state index < -0.39 is 4.92 Å². The molecule has 0 unspecified atom stereocenters. The van der Waals surface area contributed by atoms with Crippen molar-refractivity contribution in [1.82, 2.24) is 9.88 Å². The number of rotatable bonds is 8. The molecular weight excluding hydrogens is 402 g/mol. The maximum Gasteiger partial charge on any atom is 0.270 e. The van der Waals surface area contributed by atoms with E-state index in [9.17, 15) is 19.7 Å². The highest BCUT2D eigenvalue weighted by Crippen LogP contribution is 2.41. The van der Waals surface area contributed by atoms with Gasteiger partial charge in [0.15, 0.2) is 5.78 Å². The smallest absolute Gasteiger partial charge is 0.270 e. The average molecular weight is 423 g/mol. The summed E-state index contributed by atoms with van der Waals surface area (Å²) in [6.45, 7) is 1.34. The molecule has 1 aromatic heterocycles. The van der Waals surface area contributed by atoms with E-state index in [1.165, 1.54) is 29.9 Å². The second-order valence-electron chi connectivity index (χ2n) is 7.24. The molecule has 4 rings (SSSR count). The minimum Gasteiger partial charge on any atom is -0.497 e. The molecule has 160 valence electrons. The van der Waals surface area contributed by atoms with E-state index in [-0.39, 0.29) is 29.0 Å². The number of aromatic nitrogens is 1. The molecule has 0 amide bonds. The number of nitro benzene ring substituents is 1. The normalized spacial score (nSPS) is 12.1. The van der Waals surface area contributed by atoms with Gasteiger partial charge in [-0.3, -0.25) is 19.7 Å². The summed E-state index contributed by atoms with van der Waals surface area (Å²) < 4.78 is 6.77. The monoisotopic (exact) mass is 423 g/mol. The number of carbonyl (C=O) groups excluding carboxylic acids is 1. The number of non-ortho nitro benzene ring substituents is 1. The van der Waals surface area contributed by atoms with Gasteiger partial charge >= 0.3 is 0 Å². The highest BCUT2D eigenvalue weighted by molar-refractivity contribution is 6.26. The summed E-state index contributed by atoms with van der Waals surface area (Å²) in [5.41, 5.74) is 1.39. The maximum absolute atomic E-state index is 13.4. The number of pyridine rings is 1. The number of aliphatic hydroxyl groups is 1. The van der Waals surface area contributed by atoms with E-state index in [1.807, 2.05) is 0 Å². The van der Waals surface area contributed by atoms with Gasteiger partial charge in [0.2, 0.25) is 0 Å². The third kappa shape index (κ3) is 3.47. The Labute approximate surface area is 177 Å². The van der Waals surface area contributed by atoms with Crippen LogP contribution in [0, 0.1) is 10.1 Å². The molecule has 0 fully saturated rings. The van der Waals surface area contributed by atoms with E-state index in [2.05, 4.69) is 5.32 Å². The fraction of sp³-hybridized carbons (Fsp3) is 0.273. The first kappa shape index (κ1) is 20.7. The zero-order valence-electron chi connectivity index (χ0n) is 16.9. The number of nitro groups is 1. The van der Waals surface area contributed by atoms with Crippen molar-refractivity contribution in [2.24, 2.45) is 0 Å². The highest BCUT2D eigenvalue weighted by atomic mass is 16.6. The molecule has 0 saturated heterocycles. The molecule has 9 heteroatoms. The number of nitrogens with zero attached hydrogens (tertiary/aromatic N) is 2. The van der Waals surface area contributed by atoms with Crippen LogP contribution < -0.4 is 15.6 Å². The zero-order valence-corrected chi connectivity index (χ0v) is 16.9. The summed E-state index contributed by atoms with van der Waals surface area (Å²) in [5.74, 6) is 0.289. The number of fused-ring (bicyclic) bond motifs is 5. The van der Waals surface area contributed by atoms with E-state index in [4.69, 9.17) is 9.84 Å². The van der Waals surface area contributed by atoms with Gasteiger partial charge in [-0.1, -0.05) is 0 Å². The SMILES string of the molecule is COc1ccc2c(c1)C(=O)c1c-2n(CCCNCCO)c(=O)c2cc([N+](=O)[O-])ccc12. The minimum absolute atomic E-state index is 0.0126. The number of benzene rings is 2. The Kier molecular flexibility index (Phi) is 5.53. The van der Waals surface area contributed by atoms with E-state index >= 15 is 0 Å². The lowest BCUT2D eigenvalue weighted by atomic mass is 10.0. The second kappa shape index (κ2) is 8.29. The summed E-state index contributed by atoms with van der Waals surface area (Å²) in [6.07, 6.45) is 0.576. The van der Waals surface area contributed by atoms with E-state index in [0.29, 0.717) is 59.6 Å². The van der Waals surface area contributed by atoms with Crippen molar-refractivity contribution in [2.45, 2.75) is 13.0 Å². The molecule has 0 radical (unpaired) electrons. The molecule has 0 spiro atoms.